The van der Waals surface area contributed by atoms with Gasteiger partial charge in [-0.25, -0.2) is 8.78 Å². The Balaban J connectivity index is 1.89. The molecule has 1 fully saturated rings. The van der Waals surface area contributed by atoms with Crippen molar-refractivity contribution in [1.82, 2.24) is 4.90 Å². The highest BCUT2D eigenvalue weighted by Crippen LogP contribution is 2.28. The summed E-state index contributed by atoms with van der Waals surface area (Å²) in [5.74, 6) is -1.93. The average Bonchev–Trinajstić information content (AvgIpc) is 3.22. The Morgan fingerprint density at radius 1 is 1.40 bits per heavy atom. The van der Waals surface area contributed by atoms with Crippen molar-refractivity contribution in [1.29, 1.82) is 0 Å². The second-order valence-corrected chi connectivity index (χ2v) is 5.10. The van der Waals surface area contributed by atoms with Crippen LogP contribution in [0.25, 0.3) is 0 Å². The summed E-state index contributed by atoms with van der Waals surface area (Å²) in [6, 6.07) is 1.65. The van der Waals surface area contributed by atoms with Crippen molar-refractivity contribution in [3.63, 3.8) is 0 Å². The van der Waals surface area contributed by atoms with Crippen LogP contribution in [0.5, 0.6) is 0 Å². The van der Waals surface area contributed by atoms with Gasteiger partial charge in [-0.2, -0.15) is 0 Å². The van der Waals surface area contributed by atoms with Crippen molar-refractivity contribution in [2.75, 3.05) is 32.5 Å². The van der Waals surface area contributed by atoms with Gasteiger partial charge in [-0.1, -0.05) is 0 Å². The molecule has 2 N–H and O–H groups in total. The molecule has 2 rings (SSSR count). The minimum Gasteiger partial charge on any atom is -0.398 e. The van der Waals surface area contributed by atoms with E-state index in [0.29, 0.717) is 19.1 Å². The minimum absolute atomic E-state index is 0.0337. The van der Waals surface area contributed by atoms with E-state index in [1.807, 2.05) is 0 Å². The lowest BCUT2D eigenvalue weighted by atomic mass is 10.1. The van der Waals surface area contributed by atoms with Crippen molar-refractivity contribution in [2.45, 2.75) is 12.8 Å². The van der Waals surface area contributed by atoms with Crippen molar-refractivity contribution in [3.05, 3.63) is 29.3 Å². The Morgan fingerprint density at radius 3 is 2.70 bits per heavy atom. The standard InChI is InChI=1S/C14H18F2N2O2/c1-18(4-5-20-8-9-2-3-9)14(19)10-6-11(15)12(16)7-13(10)17/h6-7,9H,2-5,8,17H2,1H3. The molecular weight excluding hydrogens is 266 g/mol. The van der Waals surface area contributed by atoms with Crippen LogP contribution in [0.1, 0.15) is 23.2 Å². The Kier molecular flexibility index (Phi) is 4.54. The van der Waals surface area contributed by atoms with Crippen molar-refractivity contribution < 1.29 is 18.3 Å². The zero-order valence-electron chi connectivity index (χ0n) is 11.4. The number of rotatable bonds is 6. The first-order chi connectivity index (χ1) is 9.49. The molecule has 4 nitrogen and oxygen atoms in total. The van der Waals surface area contributed by atoms with Gasteiger partial charge in [0, 0.05) is 32.0 Å². The number of nitrogen functional groups attached to an aromatic ring is 1. The Hall–Kier alpha value is -1.69. The predicted molar refractivity (Wildman–Crippen MR) is 71.3 cm³/mol. The maximum Gasteiger partial charge on any atom is 0.255 e. The van der Waals surface area contributed by atoms with Crippen LogP contribution in [-0.4, -0.2) is 37.6 Å². The van der Waals surface area contributed by atoms with E-state index in [1.165, 1.54) is 17.7 Å². The monoisotopic (exact) mass is 284 g/mol. The average molecular weight is 284 g/mol. The first-order valence-electron chi connectivity index (χ1n) is 6.56. The van der Waals surface area contributed by atoms with E-state index in [0.717, 1.165) is 18.7 Å². The third-order valence-corrected chi connectivity index (χ3v) is 3.29. The SMILES string of the molecule is CN(CCOCC1CC1)C(=O)c1cc(F)c(F)cc1N. The van der Waals surface area contributed by atoms with Gasteiger partial charge in [0.1, 0.15) is 0 Å². The van der Waals surface area contributed by atoms with Crippen LogP contribution in [0.15, 0.2) is 12.1 Å². The Morgan fingerprint density at radius 2 is 2.05 bits per heavy atom. The smallest absolute Gasteiger partial charge is 0.255 e. The molecule has 6 heteroatoms. The number of carbonyl (C=O) groups excluding carboxylic acids is 1. The lowest BCUT2D eigenvalue weighted by Crippen LogP contribution is -2.31. The lowest BCUT2D eigenvalue weighted by Gasteiger charge is -2.18. The molecule has 0 bridgehead atoms. The summed E-state index contributed by atoms with van der Waals surface area (Å²) in [6.45, 7) is 1.52. The van der Waals surface area contributed by atoms with Crippen LogP contribution < -0.4 is 5.73 Å². The van der Waals surface area contributed by atoms with Crippen LogP contribution in [0.4, 0.5) is 14.5 Å². The summed E-state index contributed by atoms with van der Waals surface area (Å²) in [4.78, 5) is 13.5. The second-order valence-electron chi connectivity index (χ2n) is 5.10. The van der Waals surface area contributed by atoms with Crippen LogP contribution >= 0.6 is 0 Å². The van der Waals surface area contributed by atoms with E-state index in [-0.39, 0.29) is 11.3 Å². The van der Waals surface area contributed by atoms with Gasteiger partial charge in [0.05, 0.1) is 12.2 Å². The van der Waals surface area contributed by atoms with Gasteiger partial charge in [-0.05, 0) is 24.8 Å². The van der Waals surface area contributed by atoms with Gasteiger partial charge >= 0.3 is 0 Å². The third kappa shape index (κ3) is 3.66. The number of nitrogens with two attached hydrogens (primary N) is 1. The molecule has 1 aliphatic rings. The van der Waals surface area contributed by atoms with E-state index in [9.17, 15) is 13.6 Å². The normalized spacial score (nSPS) is 14.3. The number of anilines is 1. The van der Waals surface area contributed by atoms with Crippen LogP contribution in [0, 0.1) is 17.6 Å². The summed E-state index contributed by atoms with van der Waals surface area (Å²) in [5.41, 5.74) is 5.44. The number of nitrogens with zero attached hydrogens (tertiary/aromatic N) is 1. The summed E-state index contributed by atoms with van der Waals surface area (Å²) in [5, 5.41) is 0. The third-order valence-electron chi connectivity index (χ3n) is 3.29. The molecule has 0 saturated heterocycles. The number of hydrogen-bond donors (Lipinski definition) is 1. The molecule has 1 aromatic carbocycles. The number of halogens is 2. The van der Waals surface area contributed by atoms with Gasteiger partial charge in [0.25, 0.3) is 5.91 Å². The van der Waals surface area contributed by atoms with Gasteiger partial charge in [-0.3, -0.25) is 4.79 Å². The van der Waals surface area contributed by atoms with E-state index >= 15 is 0 Å². The summed E-state index contributed by atoms with van der Waals surface area (Å²) < 4.78 is 31.5. The van der Waals surface area contributed by atoms with Gasteiger partial charge < -0.3 is 15.4 Å². The quantitative estimate of drug-likeness (QED) is 0.642. The van der Waals surface area contributed by atoms with Crippen molar-refractivity contribution in [3.8, 4) is 0 Å². The molecule has 1 aromatic rings. The zero-order chi connectivity index (χ0) is 14.7. The molecule has 1 saturated carbocycles. The molecule has 0 aliphatic heterocycles. The molecule has 0 heterocycles. The fraction of sp³-hybridized carbons (Fsp3) is 0.500. The first-order valence-corrected chi connectivity index (χ1v) is 6.56. The molecular formula is C14H18F2N2O2. The molecule has 1 amide bonds. The van der Waals surface area contributed by atoms with Gasteiger partial charge in [-0.15, -0.1) is 0 Å². The zero-order valence-corrected chi connectivity index (χ0v) is 11.4. The molecule has 20 heavy (non-hydrogen) atoms. The fourth-order valence-corrected chi connectivity index (χ4v) is 1.79. The highest BCUT2D eigenvalue weighted by Gasteiger charge is 2.21. The second kappa shape index (κ2) is 6.17. The van der Waals surface area contributed by atoms with E-state index in [2.05, 4.69) is 0 Å². The van der Waals surface area contributed by atoms with Crippen molar-refractivity contribution in [2.24, 2.45) is 5.92 Å². The number of carbonyl (C=O) groups is 1. The van der Waals surface area contributed by atoms with E-state index in [4.69, 9.17) is 10.5 Å². The summed E-state index contributed by atoms with van der Waals surface area (Å²) >= 11 is 0. The molecule has 0 spiro atoms. The van der Waals surface area contributed by atoms with Gasteiger partial charge in [0.15, 0.2) is 11.6 Å². The summed E-state index contributed by atoms with van der Waals surface area (Å²) in [6.07, 6.45) is 2.42. The minimum atomic E-state index is -1.08. The maximum atomic E-state index is 13.2. The lowest BCUT2D eigenvalue weighted by molar-refractivity contribution is 0.0681. The first kappa shape index (κ1) is 14.7. The number of hydrogen-bond acceptors (Lipinski definition) is 3. The number of amides is 1. The van der Waals surface area contributed by atoms with E-state index < -0.39 is 17.5 Å². The molecule has 0 unspecified atom stereocenters. The Labute approximate surface area is 116 Å². The van der Waals surface area contributed by atoms with E-state index in [1.54, 1.807) is 7.05 Å². The van der Waals surface area contributed by atoms with Gasteiger partial charge in [0.2, 0.25) is 0 Å². The highest BCUT2D eigenvalue weighted by atomic mass is 19.2. The molecule has 110 valence electrons. The molecule has 0 atom stereocenters. The van der Waals surface area contributed by atoms with Crippen LogP contribution in [0.2, 0.25) is 0 Å². The summed E-state index contributed by atoms with van der Waals surface area (Å²) in [7, 11) is 1.57. The molecule has 0 aromatic heterocycles. The highest BCUT2D eigenvalue weighted by molar-refractivity contribution is 5.99. The number of likely N-dealkylation sites (N-methyl/N-ethyl adjacent to an activating group) is 1. The maximum absolute atomic E-state index is 13.2. The Bertz CT molecular complexity index is 504. The fourth-order valence-electron chi connectivity index (χ4n) is 1.79. The predicted octanol–water partition coefficient (Wildman–Crippen LogP) is 2.05. The van der Waals surface area contributed by atoms with Crippen LogP contribution in [0.3, 0.4) is 0 Å². The number of benzene rings is 1. The molecule has 1 aliphatic carbocycles. The number of ether oxygens (including phenoxy) is 1. The topological polar surface area (TPSA) is 55.6 Å². The van der Waals surface area contributed by atoms with Crippen molar-refractivity contribution >= 4 is 11.6 Å². The molecule has 0 radical (unpaired) electrons. The largest absolute Gasteiger partial charge is 0.398 e. The van der Waals surface area contributed by atoms with Crippen LogP contribution in [-0.2, 0) is 4.74 Å².